The molecule has 0 aromatic heterocycles. The molecule has 2 rings (SSSR count). The van der Waals surface area contributed by atoms with Gasteiger partial charge in [0.2, 0.25) is 5.91 Å². The molecule has 116 valence electrons. The fraction of sp³-hybridized carbons (Fsp3) is 0.562. The molecule has 1 aliphatic heterocycles. The van der Waals surface area contributed by atoms with Crippen molar-refractivity contribution < 1.29 is 14.3 Å². The molecule has 1 aromatic carbocycles. The summed E-state index contributed by atoms with van der Waals surface area (Å²) >= 11 is 5.99. The molecule has 2 atom stereocenters. The summed E-state index contributed by atoms with van der Waals surface area (Å²) in [6, 6.07) is 5.40. The maximum Gasteiger partial charge on any atom is 0.223 e. The predicted molar refractivity (Wildman–Crippen MR) is 82.6 cm³/mol. The van der Waals surface area contributed by atoms with E-state index in [4.69, 9.17) is 21.1 Å². The van der Waals surface area contributed by atoms with Crippen LogP contribution in [0.4, 0.5) is 0 Å². The van der Waals surface area contributed by atoms with Gasteiger partial charge in [0.05, 0.1) is 13.2 Å². The number of rotatable bonds is 5. The number of carbonyl (C=O) groups is 1. The van der Waals surface area contributed by atoms with Gasteiger partial charge in [0.25, 0.3) is 0 Å². The summed E-state index contributed by atoms with van der Waals surface area (Å²) in [7, 11) is 1.61. The Morgan fingerprint density at radius 3 is 3.05 bits per heavy atom. The zero-order chi connectivity index (χ0) is 15.2. The van der Waals surface area contributed by atoms with Crippen molar-refractivity contribution in [1.82, 2.24) is 5.32 Å². The zero-order valence-electron chi connectivity index (χ0n) is 12.5. The van der Waals surface area contributed by atoms with Gasteiger partial charge >= 0.3 is 0 Å². The minimum atomic E-state index is 0.0360. The highest BCUT2D eigenvalue weighted by Gasteiger charge is 2.26. The third kappa shape index (κ3) is 4.35. The van der Waals surface area contributed by atoms with E-state index in [0.29, 0.717) is 18.2 Å². The second kappa shape index (κ2) is 7.66. The quantitative estimate of drug-likeness (QED) is 0.908. The topological polar surface area (TPSA) is 47.6 Å². The van der Waals surface area contributed by atoms with Gasteiger partial charge in [-0.2, -0.15) is 0 Å². The summed E-state index contributed by atoms with van der Waals surface area (Å²) in [5.74, 6) is 0.853. The Morgan fingerprint density at radius 1 is 1.52 bits per heavy atom. The molecule has 0 aliphatic carbocycles. The van der Waals surface area contributed by atoms with E-state index in [-0.39, 0.29) is 17.9 Å². The number of halogens is 1. The SMILES string of the molecule is CC[C@@H]1C[C@@H](C(=O)NCc2cc(Cl)ccc2OC)CCO1. The average molecular weight is 312 g/mol. The first-order valence-electron chi connectivity index (χ1n) is 7.35. The molecule has 0 bridgehead atoms. The Morgan fingerprint density at radius 2 is 2.33 bits per heavy atom. The van der Waals surface area contributed by atoms with Crippen LogP contribution in [0.5, 0.6) is 5.75 Å². The first kappa shape index (κ1) is 16.1. The van der Waals surface area contributed by atoms with Crippen LogP contribution in [0.1, 0.15) is 31.7 Å². The summed E-state index contributed by atoms with van der Waals surface area (Å²) < 4.78 is 10.9. The molecule has 21 heavy (non-hydrogen) atoms. The smallest absolute Gasteiger partial charge is 0.223 e. The fourth-order valence-electron chi connectivity index (χ4n) is 2.61. The average Bonchev–Trinajstić information content (AvgIpc) is 2.52. The van der Waals surface area contributed by atoms with Crippen LogP contribution in [-0.4, -0.2) is 25.7 Å². The Hall–Kier alpha value is -1.26. The van der Waals surface area contributed by atoms with Crippen molar-refractivity contribution in [3.05, 3.63) is 28.8 Å². The van der Waals surface area contributed by atoms with Crippen molar-refractivity contribution in [2.45, 2.75) is 38.8 Å². The second-order valence-corrected chi connectivity index (χ2v) is 5.73. The third-order valence-corrected chi connectivity index (χ3v) is 4.12. The van der Waals surface area contributed by atoms with Crippen LogP contribution in [-0.2, 0) is 16.1 Å². The maximum absolute atomic E-state index is 12.3. The molecule has 5 heteroatoms. The molecular weight excluding hydrogens is 290 g/mol. The maximum atomic E-state index is 12.3. The number of benzene rings is 1. The van der Waals surface area contributed by atoms with Crippen LogP contribution < -0.4 is 10.1 Å². The minimum Gasteiger partial charge on any atom is -0.496 e. The van der Waals surface area contributed by atoms with E-state index < -0.39 is 0 Å². The highest BCUT2D eigenvalue weighted by Crippen LogP contribution is 2.24. The Labute approximate surface area is 130 Å². The van der Waals surface area contributed by atoms with Crippen molar-refractivity contribution in [1.29, 1.82) is 0 Å². The van der Waals surface area contributed by atoms with Gasteiger partial charge in [-0.05, 0) is 37.5 Å². The van der Waals surface area contributed by atoms with Crippen molar-refractivity contribution in [3.8, 4) is 5.75 Å². The molecule has 0 unspecified atom stereocenters. The van der Waals surface area contributed by atoms with E-state index >= 15 is 0 Å². The molecule has 1 aliphatic rings. The van der Waals surface area contributed by atoms with Gasteiger partial charge in [0, 0.05) is 29.7 Å². The van der Waals surface area contributed by atoms with Gasteiger partial charge in [-0.25, -0.2) is 0 Å². The number of amides is 1. The van der Waals surface area contributed by atoms with E-state index in [2.05, 4.69) is 12.2 Å². The molecule has 0 spiro atoms. The number of hydrogen-bond donors (Lipinski definition) is 1. The predicted octanol–water partition coefficient (Wildman–Crippen LogP) is 3.17. The Bertz CT molecular complexity index is 492. The van der Waals surface area contributed by atoms with Crippen molar-refractivity contribution >= 4 is 17.5 Å². The molecule has 1 N–H and O–H groups in total. The van der Waals surface area contributed by atoms with E-state index in [0.717, 1.165) is 30.6 Å². The van der Waals surface area contributed by atoms with Gasteiger partial charge in [-0.15, -0.1) is 0 Å². The van der Waals surface area contributed by atoms with Gasteiger partial charge in [0.15, 0.2) is 0 Å². The fourth-order valence-corrected chi connectivity index (χ4v) is 2.81. The lowest BCUT2D eigenvalue weighted by Crippen LogP contribution is -2.36. The largest absolute Gasteiger partial charge is 0.496 e. The van der Waals surface area contributed by atoms with Crippen LogP contribution >= 0.6 is 11.6 Å². The van der Waals surface area contributed by atoms with E-state index in [9.17, 15) is 4.79 Å². The molecule has 1 fully saturated rings. The van der Waals surface area contributed by atoms with Gasteiger partial charge in [-0.3, -0.25) is 4.79 Å². The monoisotopic (exact) mass is 311 g/mol. The van der Waals surface area contributed by atoms with Crippen LogP contribution in [0.2, 0.25) is 5.02 Å². The van der Waals surface area contributed by atoms with Gasteiger partial charge < -0.3 is 14.8 Å². The molecule has 1 aromatic rings. The normalized spacial score (nSPS) is 21.9. The number of methoxy groups -OCH3 is 1. The van der Waals surface area contributed by atoms with Crippen molar-refractivity contribution in [2.24, 2.45) is 5.92 Å². The standard InChI is InChI=1S/C16H22ClNO3/c1-3-14-9-11(6-7-21-14)16(19)18-10-12-8-13(17)4-5-15(12)20-2/h4-5,8,11,14H,3,6-7,9-10H2,1-2H3,(H,18,19)/t11-,14+/m0/s1. The number of carbonyl (C=O) groups excluding carboxylic acids is 1. The molecule has 4 nitrogen and oxygen atoms in total. The van der Waals surface area contributed by atoms with Gasteiger partial charge in [-0.1, -0.05) is 18.5 Å². The summed E-state index contributed by atoms with van der Waals surface area (Å²) in [4.78, 5) is 12.3. The van der Waals surface area contributed by atoms with Gasteiger partial charge in [0.1, 0.15) is 5.75 Å². The Balaban J connectivity index is 1.93. The lowest BCUT2D eigenvalue weighted by atomic mass is 9.93. The number of ether oxygens (including phenoxy) is 2. The van der Waals surface area contributed by atoms with Crippen LogP contribution in [0.15, 0.2) is 18.2 Å². The van der Waals surface area contributed by atoms with E-state index in [1.807, 2.05) is 12.1 Å². The molecule has 0 saturated carbocycles. The van der Waals surface area contributed by atoms with Crippen LogP contribution in [0.25, 0.3) is 0 Å². The molecule has 1 amide bonds. The first-order valence-corrected chi connectivity index (χ1v) is 7.73. The van der Waals surface area contributed by atoms with E-state index in [1.54, 1.807) is 13.2 Å². The number of nitrogens with one attached hydrogen (secondary N) is 1. The summed E-state index contributed by atoms with van der Waals surface area (Å²) in [5.41, 5.74) is 0.887. The molecular formula is C16H22ClNO3. The third-order valence-electron chi connectivity index (χ3n) is 3.89. The van der Waals surface area contributed by atoms with Crippen LogP contribution in [0.3, 0.4) is 0 Å². The van der Waals surface area contributed by atoms with Crippen LogP contribution in [0, 0.1) is 5.92 Å². The number of hydrogen-bond acceptors (Lipinski definition) is 3. The Kier molecular flexibility index (Phi) is 5.88. The van der Waals surface area contributed by atoms with E-state index in [1.165, 1.54) is 0 Å². The lowest BCUT2D eigenvalue weighted by Gasteiger charge is -2.28. The minimum absolute atomic E-state index is 0.0360. The zero-order valence-corrected chi connectivity index (χ0v) is 13.3. The molecule has 0 radical (unpaired) electrons. The van der Waals surface area contributed by atoms with Crippen molar-refractivity contribution in [3.63, 3.8) is 0 Å². The van der Waals surface area contributed by atoms with Crippen molar-refractivity contribution in [2.75, 3.05) is 13.7 Å². The lowest BCUT2D eigenvalue weighted by molar-refractivity contribution is -0.130. The highest BCUT2D eigenvalue weighted by atomic mass is 35.5. The summed E-state index contributed by atoms with van der Waals surface area (Å²) in [6.07, 6.45) is 2.74. The molecule has 1 saturated heterocycles. The first-order chi connectivity index (χ1) is 10.1. The highest BCUT2D eigenvalue weighted by molar-refractivity contribution is 6.30. The summed E-state index contributed by atoms with van der Waals surface area (Å²) in [6.45, 7) is 3.18. The second-order valence-electron chi connectivity index (χ2n) is 5.30. The summed E-state index contributed by atoms with van der Waals surface area (Å²) in [5, 5.41) is 3.62. The molecule has 1 heterocycles.